The van der Waals surface area contributed by atoms with Crippen LogP contribution in [0, 0.1) is 0 Å². The van der Waals surface area contributed by atoms with Gasteiger partial charge in [-0.15, -0.1) is 0 Å². The Balaban J connectivity index is -0.000000605. The molecule has 0 spiro atoms. The second kappa shape index (κ2) is 16.9. The second-order valence-electron chi connectivity index (χ2n) is 3.27. The first-order valence-electron chi connectivity index (χ1n) is 4.99. The Kier molecular flexibility index (Phi) is 25.1. The first-order chi connectivity index (χ1) is 5.77. The van der Waals surface area contributed by atoms with Gasteiger partial charge in [0.25, 0.3) is 0 Å². The van der Waals surface area contributed by atoms with Crippen molar-refractivity contribution in [1.82, 2.24) is 0 Å². The van der Waals surface area contributed by atoms with Gasteiger partial charge in [-0.2, -0.15) is 0 Å². The fraction of sp³-hybridized carbons (Fsp3) is 0.900. The summed E-state index contributed by atoms with van der Waals surface area (Å²) in [4.78, 5) is 10.1. The first kappa shape index (κ1) is 20.8. The van der Waals surface area contributed by atoms with E-state index in [1.54, 1.807) is 0 Å². The van der Waals surface area contributed by atoms with Gasteiger partial charge < -0.3 is 5.11 Å². The van der Waals surface area contributed by atoms with E-state index in [-0.39, 0.29) is 59.1 Å². The zero-order chi connectivity index (χ0) is 9.23. The summed E-state index contributed by atoms with van der Waals surface area (Å²) >= 11 is 0. The Morgan fingerprint density at radius 1 is 0.929 bits per heavy atom. The third-order valence-electron chi connectivity index (χ3n) is 1.99. The van der Waals surface area contributed by atoms with Gasteiger partial charge in [-0.25, -0.2) is 0 Å². The van der Waals surface area contributed by atoms with Gasteiger partial charge in [-0.3, -0.25) is 4.79 Å². The number of carbonyl (C=O) groups is 1. The average Bonchev–Trinajstić information content (AvgIpc) is 2.02. The van der Waals surface area contributed by atoms with Crippen molar-refractivity contribution < 1.29 is 9.90 Å². The molecular weight excluding hydrogens is 198 g/mol. The van der Waals surface area contributed by atoms with E-state index in [0.29, 0.717) is 6.42 Å². The molecule has 0 atom stereocenters. The van der Waals surface area contributed by atoms with E-state index >= 15 is 0 Å². The maximum absolute atomic E-state index is 10.1. The molecule has 1 N–H and O–H groups in total. The van der Waals surface area contributed by atoms with Gasteiger partial charge in [-0.05, 0) is 6.42 Å². The van der Waals surface area contributed by atoms with Crippen molar-refractivity contribution in [3.8, 4) is 0 Å². The average molecular weight is 220 g/mol. The van der Waals surface area contributed by atoms with E-state index in [2.05, 4.69) is 6.92 Å². The van der Waals surface area contributed by atoms with Crippen LogP contribution in [0.3, 0.4) is 0 Å². The molecule has 0 fully saturated rings. The monoisotopic (exact) mass is 220 g/mol. The SMILES string of the molecule is CCCCCCCCCC(=O)O.[NaH].[NaH]. The van der Waals surface area contributed by atoms with E-state index in [4.69, 9.17) is 5.11 Å². The fourth-order valence-electron chi connectivity index (χ4n) is 1.23. The molecule has 0 saturated heterocycles. The predicted molar refractivity (Wildman–Crippen MR) is 64.5 cm³/mol. The molecule has 0 amide bonds. The van der Waals surface area contributed by atoms with E-state index in [1.165, 1.54) is 32.1 Å². The molecule has 2 nitrogen and oxygen atoms in total. The summed E-state index contributed by atoms with van der Waals surface area (Å²) in [5.74, 6) is -0.663. The number of carboxylic acid groups (broad SMARTS) is 1. The molecule has 0 aliphatic rings. The van der Waals surface area contributed by atoms with Crippen LogP contribution < -0.4 is 0 Å². The third-order valence-corrected chi connectivity index (χ3v) is 1.99. The molecule has 0 saturated carbocycles. The predicted octanol–water partition coefficient (Wildman–Crippen LogP) is 1.91. The van der Waals surface area contributed by atoms with Crippen molar-refractivity contribution in [2.24, 2.45) is 0 Å². The van der Waals surface area contributed by atoms with E-state index in [1.807, 2.05) is 0 Å². The Hall–Kier alpha value is 1.47. The number of carboxylic acids is 1. The summed E-state index contributed by atoms with van der Waals surface area (Å²) in [6.45, 7) is 2.20. The van der Waals surface area contributed by atoms with Crippen LogP contribution in [-0.2, 0) is 4.79 Å². The van der Waals surface area contributed by atoms with Crippen LogP contribution in [0.5, 0.6) is 0 Å². The Morgan fingerprint density at radius 3 is 1.79 bits per heavy atom. The number of hydrogen-bond donors (Lipinski definition) is 1. The van der Waals surface area contributed by atoms with Crippen molar-refractivity contribution in [3.05, 3.63) is 0 Å². The molecular formula is C10H22Na2O2. The summed E-state index contributed by atoms with van der Waals surface area (Å²) in [6, 6.07) is 0. The van der Waals surface area contributed by atoms with E-state index in [9.17, 15) is 4.79 Å². The normalized spacial score (nSPS) is 8.64. The van der Waals surface area contributed by atoms with Gasteiger partial charge in [0, 0.05) is 6.42 Å². The van der Waals surface area contributed by atoms with Gasteiger partial charge in [0.05, 0.1) is 0 Å². The number of unbranched alkanes of at least 4 members (excludes halogenated alkanes) is 6. The quantitative estimate of drug-likeness (QED) is 0.501. The first-order valence-corrected chi connectivity index (χ1v) is 4.99. The Morgan fingerprint density at radius 2 is 1.36 bits per heavy atom. The van der Waals surface area contributed by atoms with Crippen molar-refractivity contribution in [1.29, 1.82) is 0 Å². The molecule has 0 aromatic rings. The summed E-state index contributed by atoms with van der Waals surface area (Å²) < 4.78 is 0. The second-order valence-corrected chi connectivity index (χ2v) is 3.27. The number of aliphatic carboxylic acids is 1. The Bertz CT molecular complexity index is 119. The van der Waals surface area contributed by atoms with Crippen LogP contribution in [0.4, 0.5) is 0 Å². The molecule has 4 heteroatoms. The maximum atomic E-state index is 10.1. The molecule has 0 radical (unpaired) electrons. The molecule has 0 bridgehead atoms. The molecule has 0 aromatic carbocycles. The van der Waals surface area contributed by atoms with Crippen molar-refractivity contribution >= 4 is 65.1 Å². The van der Waals surface area contributed by atoms with E-state index in [0.717, 1.165) is 12.8 Å². The number of rotatable bonds is 8. The topological polar surface area (TPSA) is 37.3 Å². The zero-order valence-electron chi connectivity index (χ0n) is 8.01. The van der Waals surface area contributed by atoms with Crippen LogP contribution in [0.25, 0.3) is 0 Å². The summed E-state index contributed by atoms with van der Waals surface area (Å²) in [6.07, 6.45) is 8.64. The Labute approximate surface area is 132 Å². The molecule has 0 aliphatic heterocycles. The van der Waals surface area contributed by atoms with Gasteiger partial charge in [0.1, 0.15) is 0 Å². The third kappa shape index (κ3) is 19.1. The fourth-order valence-corrected chi connectivity index (χ4v) is 1.23. The molecule has 14 heavy (non-hydrogen) atoms. The summed E-state index contributed by atoms with van der Waals surface area (Å²) in [7, 11) is 0. The van der Waals surface area contributed by atoms with Gasteiger partial charge in [0.2, 0.25) is 0 Å². The molecule has 0 rings (SSSR count). The van der Waals surface area contributed by atoms with Crippen LogP contribution in [-0.4, -0.2) is 70.2 Å². The van der Waals surface area contributed by atoms with Crippen LogP contribution >= 0.6 is 0 Å². The molecule has 0 aromatic heterocycles. The van der Waals surface area contributed by atoms with Gasteiger partial charge in [0.15, 0.2) is 0 Å². The summed E-state index contributed by atoms with van der Waals surface area (Å²) in [5, 5.41) is 8.35. The van der Waals surface area contributed by atoms with Crippen LogP contribution in [0.15, 0.2) is 0 Å². The summed E-state index contributed by atoms with van der Waals surface area (Å²) in [5.41, 5.74) is 0. The van der Waals surface area contributed by atoms with Crippen LogP contribution in [0.2, 0.25) is 0 Å². The zero-order valence-corrected chi connectivity index (χ0v) is 8.01. The minimum atomic E-state index is -0.663. The molecule has 0 unspecified atom stereocenters. The van der Waals surface area contributed by atoms with Crippen molar-refractivity contribution in [2.45, 2.75) is 58.3 Å². The van der Waals surface area contributed by atoms with Crippen molar-refractivity contribution in [3.63, 3.8) is 0 Å². The number of hydrogen-bond acceptors (Lipinski definition) is 1. The minimum absolute atomic E-state index is 0. The standard InChI is InChI=1S/C10H20O2.2Na.2H/c1-2-3-4-5-6-7-8-9-10(11)12;;;;/h2-9H2,1H3,(H,11,12);;;;. The van der Waals surface area contributed by atoms with Gasteiger partial charge in [-0.1, -0.05) is 45.4 Å². The van der Waals surface area contributed by atoms with Gasteiger partial charge >= 0.3 is 65.1 Å². The molecule has 76 valence electrons. The molecule has 0 aliphatic carbocycles. The molecule has 0 heterocycles. The van der Waals surface area contributed by atoms with E-state index < -0.39 is 5.97 Å². The van der Waals surface area contributed by atoms with Crippen LogP contribution in [0.1, 0.15) is 58.3 Å². The van der Waals surface area contributed by atoms with Crippen molar-refractivity contribution in [2.75, 3.05) is 0 Å².